The number of fused-ring (bicyclic) bond motifs is 2. The Morgan fingerprint density at radius 2 is 1.88 bits per heavy atom. The van der Waals surface area contributed by atoms with Crippen molar-refractivity contribution in [3.63, 3.8) is 0 Å². The number of ether oxygens (including phenoxy) is 2. The molecule has 230 valence electrons. The van der Waals surface area contributed by atoms with Gasteiger partial charge in [0.1, 0.15) is 11.4 Å². The summed E-state index contributed by atoms with van der Waals surface area (Å²) < 4.78 is 65.0. The van der Waals surface area contributed by atoms with Gasteiger partial charge in [0.25, 0.3) is 5.91 Å². The predicted octanol–water partition coefficient (Wildman–Crippen LogP) is 5.02. The number of aliphatic hydroxyl groups excluding tert-OH is 1. The Morgan fingerprint density at radius 3 is 2.53 bits per heavy atom. The van der Waals surface area contributed by atoms with E-state index in [1.807, 2.05) is 0 Å². The Balaban J connectivity index is 1.25. The molecule has 0 spiro atoms. The average Bonchev–Trinajstić information content (AvgIpc) is 3.90. The highest BCUT2D eigenvalue weighted by molar-refractivity contribution is 5.98. The molecular weight excluding hydrogens is 570 g/mol. The Bertz CT molecular complexity index is 1450. The van der Waals surface area contributed by atoms with Crippen LogP contribution < -0.4 is 15.4 Å². The highest BCUT2D eigenvalue weighted by Crippen LogP contribution is 2.54. The van der Waals surface area contributed by atoms with Crippen LogP contribution in [0.15, 0.2) is 42.1 Å². The van der Waals surface area contributed by atoms with Gasteiger partial charge in [-0.3, -0.25) is 9.59 Å². The first-order valence-electron chi connectivity index (χ1n) is 14.5. The molecule has 0 radical (unpaired) electrons. The highest BCUT2D eigenvalue weighted by Gasteiger charge is 2.55. The minimum atomic E-state index is -4.92. The number of allylic oxidation sites excluding steroid dienone is 1. The van der Waals surface area contributed by atoms with Gasteiger partial charge in [0, 0.05) is 23.8 Å². The highest BCUT2D eigenvalue weighted by atomic mass is 19.4. The van der Waals surface area contributed by atoms with E-state index in [0.29, 0.717) is 23.6 Å². The molecule has 4 aliphatic rings. The van der Waals surface area contributed by atoms with E-state index in [9.17, 15) is 32.3 Å². The van der Waals surface area contributed by atoms with Crippen molar-refractivity contribution >= 4 is 17.5 Å². The zero-order valence-corrected chi connectivity index (χ0v) is 23.5. The van der Waals surface area contributed by atoms with Gasteiger partial charge in [-0.25, -0.2) is 9.37 Å². The Morgan fingerprint density at radius 1 is 1.14 bits per heavy atom. The first-order valence-corrected chi connectivity index (χ1v) is 14.5. The number of hydrogen-bond acceptors (Lipinski definition) is 6. The van der Waals surface area contributed by atoms with Crippen molar-refractivity contribution in [2.45, 2.75) is 63.0 Å². The molecule has 8 nitrogen and oxygen atoms in total. The maximum atomic E-state index is 13.9. The molecule has 12 heteroatoms. The monoisotopic (exact) mass is 603 g/mol. The number of anilines is 1. The fourth-order valence-corrected chi connectivity index (χ4v) is 6.46. The van der Waals surface area contributed by atoms with Gasteiger partial charge in [-0.2, -0.15) is 13.2 Å². The van der Waals surface area contributed by atoms with E-state index in [-0.39, 0.29) is 42.2 Å². The normalized spacial score (nSPS) is 26.4. The summed E-state index contributed by atoms with van der Waals surface area (Å²) in [5.74, 6) is -2.96. The molecule has 0 saturated heterocycles. The van der Waals surface area contributed by atoms with Crippen molar-refractivity contribution in [3.8, 4) is 5.88 Å². The number of halogens is 4. The average molecular weight is 604 g/mol. The van der Waals surface area contributed by atoms with E-state index in [2.05, 4.69) is 21.7 Å². The lowest BCUT2D eigenvalue weighted by atomic mass is 9.83. The maximum Gasteiger partial charge on any atom is 0.419 e. The van der Waals surface area contributed by atoms with Crippen LogP contribution in [0.2, 0.25) is 0 Å². The number of carbonyl (C=O) groups excluding carboxylic acids is 2. The maximum absolute atomic E-state index is 13.9. The summed E-state index contributed by atoms with van der Waals surface area (Å²) in [7, 11) is 1.39. The van der Waals surface area contributed by atoms with Crippen LogP contribution in [0.3, 0.4) is 0 Å². The lowest BCUT2D eigenvalue weighted by Gasteiger charge is -2.30. The molecule has 6 rings (SSSR count). The van der Waals surface area contributed by atoms with Gasteiger partial charge in [0.2, 0.25) is 11.8 Å². The van der Waals surface area contributed by atoms with Crippen LogP contribution >= 0.6 is 0 Å². The second-order valence-corrected chi connectivity index (χ2v) is 12.0. The van der Waals surface area contributed by atoms with E-state index >= 15 is 0 Å². The summed E-state index contributed by atoms with van der Waals surface area (Å²) in [5, 5.41) is 15.1. The smallest absolute Gasteiger partial charge is 0.419 e. The molecule has 2 bridgehead atoms. The quantitative estimate of drug-likeness (QED) is 0.260. The summed E-state index contributed by atoms with van der Waals surface area (Å²) in [6, 6.07) is 3.35. The topological polar surface area (TPSA) is 110 Å². The third-order valence-electron chi connectivity index (χ3n) is 9.08. The lowest BCUT2D eigenvalue weighted by molar-refractivity contribution is -0.140. The molecule has 4 saturated carbocycles. The van der Waals surface area contributed by atoms with E-state index in [4.69, 9.17) is 9.47 Å². The van der Waals surface area contributed by atoms with Gasteiger partial charge in [0.15, 0.2) is 0 Å². The number of pyridine rings is 1. The van der Waals surface area contributed by atoms with E-state index in [1.165, 1.54) is 13.3 Å². The molecule has 1 heterocycles. The molecule has 43 heavy (non-hydrogen) atoms. The van der Waals surface area contributed by atoms with Gasteiger partial charge in [0.05, 0.1) is 37.4 Å². The number of rotatable bonds is 10. The van der Waals surface area contributed by atoms with E-state index in [1.54, 1.807) is 6.07 Å². The van der Waals surface area contributed by atoms with Crippen molar-refractivity contribution in [2.75, 3.05) is 19.0 Å². The number of methoxy groups -OCH3 is 1. The largest absolute Gasteiger partial charge is 0.480 e. The number of carbonyl (C=O) groups is 2. The number of aliphatic hydroxyl groups is 1. The number of benzene rings is 1. The van der Waals surface area contributed by atoms with Crippen molar-refractivity contribution in [1.29, 1.82) is 0 Å². The minimum Gasteiger partial charge on any atom is -0.480 e. The second kappa shape index (κ2) is 11.2. The van der Waals surface area contributed by atoms with Gasteiger partial charge >= 0.3 is 6.18 Å². The molecule has 1 aromatic carbocycles. The molecule has 2 aromatic rings. The van der Waals surface area contributed by atoms with Crippen LogP contribution in [0.1, 0.15) is 60.0 Å². The van der Waals surface area contributed by atoms with Gasteiger partial charge < -0.3 is 25.2 Å². The Kier molecular flexibility index (Phi) is 7.70. The molecule has 2 amide bonds. The minimum absolute atomic E-state index is 0.0911. The fourth-order valence-electron chi connectivity index (χ4n) is 6.46. The molecule has 4 fully saturated rings. The van der Waals surface area contributed by atoms with E-state index in [0.717, 1.165) is 50.2 Å². The molecule has 0 aliphatic heterocycles. The van der Waals surface area contributed by atoms with Gasteiger partial charge in [-0.05, 0) is 80.2 Å². The molecular formula is C31H33F4N3O5. The van der Waals surface area contributed by atoms with Gasteiger partial charge in [-0.1, -0.05) is 11.6 Å². The summed E-state index contributed by atoms with van der Waals surface area (Å²) in [4.78, 5) is 31.6. The van der Waals surface area contributed by atoms with Crippen LogP contribution in [-0.4, -0.2) is 47.3 Å². The number of aromatic nitrogens is 1. The number of hydrogen-bond donors (Lipinski definition) is 3. The summed E-state index contributed by atoms with van der Waals surface area (Å²) >= 11 is 0. The van der Waals surface area contributed by atoms with Crippen LogP contribution in [0.5, 0.6) is 5.88 Å². The Hall–Kier alpha value is -3.51. The first-order chi connectivity index (χ1) is 20.5. The van der Waals surface area contributed by atoms with Crippen molar-refractivity contribution < 1.29 is 41.7 Å². The SMILES string of the molecule is COc1ncc(COC2(CO)CC2)cc1C(=O)N[C@H]1[C@@H](C(=O)Nc2ccc(F)c(C(F)(F)F)c2)[C@H]2CC[C@@H]1/C2=C\C1CC1. The third-order valence-corrected chi connectivity index (χ3v) is 9.08. The van der Waals surface area contributed by atoms with Crippen molar-refractivity contribution in [1.82, 2.24) is 10.3 Å². The van der Waals surface area contributed by atoms with Crippen LogP contribution in [0, 0.1) is 29.5 Å². The summed E-state index contributed by atoms with van der Waals surface area (Å²) in [6.45, 7) is 0.0482. The lowest BCUT2D eigenvalue weighted by Crippen LogP contribution is -2.48. The molecule has 4 atom stereocenters. The number of alkyl halides is 3. The van der Waals surface area contributed by atoms with Crippen molar-refractivity contribution in [3.05, 3.63) is 64.6 Å². The Labute approximate surface area is 245 Å². The zero-order valence-electron chi connectivity index (χ0n) is 23.5. The fraction of sp³-hybridized carbons (Fsp3) is 0.516. The summed E-state index contributed by atoms with van der Waals surface area (Å²) in [6.07, 6.45) is 3.91. The number of amides is 2. The van der Waals surface area contributed by atoms with Crippen LogP contribution in [0.4, 0.5) is 23.2 Å². The van der Waals surface area contributed by atoms with Gasteiger partial charge in [-0.15, -0.1) is 0 Å². The number of nitrogens with one attached hydrogen (secondary N) is 2. The first kappa shape index (κ1) is 29.6. The van der Waals surface area contributed by atoms with Crippen molar-refractivity contribution in [2.24, 2.45) is 23.7 Å². The van der Waals surface area contributed by atoms with Crippen LogP contribution in [-0.2, 0) is 22.3 Å². The van der Waals surface area contributed by atoms with E-state index < -0.39 is 46.9 Å². The third kappa shape index (κ3) is 5.99. The summed E-state index contributed by atoms with van der Waals surface area (Å²) in [5.41, 5.74) is -0.322. The number of nitrogens with zero attached hydrogens (tertiary/aromatic N) is 1. The molecule has 3 N–H and O–H groups in total. The zero-order chi connectivity index (χ0) is 30.5. The molecule has 4 aliphatic carbocycles. The van der Waals surface area contributed by atoms with Crippen LogP contribution in [0.25, 0.3) is 0 Å². The second-order valence-electron chi connectivity index (χ2n) is 12.0. The predicted molar refractivity (Wildman–Crippen MR) is 146 cm³/mol. The molecule has 1 aromatic heterocycles. The standard InChI is InChI=1S/C31H33F4N3O5/c1-42-29-22(11-17(13-36-29)14-43-30(15-39)8-9-30)27(40)38-26-20-6-5-19(21(20)10-16-2-3-16)25(26)28(41)37-18-4-7-24(32)23(12-18)31(33,34)35/h4,7,10-13,16,19-20,25-26,39H,2-3,5-6,8-9,14-15H2,1H3,(H,37,41)(H,38,40)/b21-10-/t19-,20+,25-,26+/m0/s1. The molecule has 0 unspecified atom stereocenters.